The van der Waals surface area contributed by atoms with Crippen LogP contribution < -0.4 is 5.73 Å². The van der Waals surface area contributed by atoms with E-state index in [1.807, 2.05) is 13.1 Å². The third-order valence-electron chi connectivity index (χ3n) is 2.23. The van der Waals surface area contributed by atoms with E-state index in [2.05, 4.69) is 19.7 Å². The van der Waals surface area contributed by atoms with Crippen LogP contribution >= 0.6 is 0 Å². The normalized spacial score (nSPS) is 10.7. The summed E-state index contributed by atoms with van der Waals surface area (Å²) in [6, 6.07) is 0. The molecular weight excluding hydrogens is 192 g/mol. The molecule has 0 aliphatic rings. The van der Waals surface area contributed by atoms with Crippen LogP contribution in [-0.4, -0.2) is 24.5 Å². The largest absolute Gasteiger partial charge is 0.381 e. The van der Waals surface area contributed by atoms with Crippen molar-refractivity contribution in [2.75, 3.05) is 5.73 Å². The van der Waals surface area contributed by atoms with Gasteiger partial charge in [-0.3, -0.25) is 0 Å². The van der Waals surface area contributed by atoms with Crippen molar-refractivity contribution in [3.05, 3.63) is 24.4 Å². The highest BCUT2D eigenvalue weighted by molar-refractivity contribution is 5.19. The van der Waals surface area contributed by atoms with Gasteiger partial charge in [0.2, 0.25) is 0 Å². The topological polar surface area (TPSA) is 74.5 Å². The van der Waals surface area contributed by atoms with Crippen molar-refractivity contribution < 1.29 is 0 Å². The van der Waals surface area contributed by atoms with Gasteiger partial charge >= 0.3 is 0 Å². The summed E-state index contributed by atoms with van der Waals surface area (Å²) in [6.45, 7) is 3.69. The Labute approximate surface area is 87.7 Å². The van der Waals surface area contributed by atoms with Gasteiger partial charge in [0.05, 0.1) is 12.7 Å². The van der Waals surface area contributed by atoms with Gasteiger partial charge in [-0.25, -0.2) is 4.98 Å². The van der Waals surface area contributed by atoms with E-state index in [1.165, 1.54) is 0 Å². The van der Waals surface area contributed by atoms with E-state index in [9.17, 15) is 0 Å². The maximum absolute atomic E-state index is 5.46. The van der Waals surface area contributed by atoms with E-state index >= 15 is 0 Å². The first kappa shape index (κ1) is 9.70. The van der Waals surface area contributed by atoms with Crippen LogP contribution in [-0.2, 0) is 13.1 Å². The lowest BCUT2D eigenvalue weighted by Crippen LogP contribution is -2.07. The van der Waals surface area contributed by atoms with Crippen molar-refractivity contribution in [1.29, 1.82) is 0 Å². The fourth-order valence-corrected chi connectivity index (χ4v) is 1.44. The number of nitrogen functional groups attached to an aromatic ring is 1. The van der Waals surface area contributed by atoms with Crippen molar-refractivity contribution in [1.82, 2.24) is 24.5 Å². The van der Waals surface area contributed by atoms with Crippen molar-refractivity contribution in [3.8, 4) is 0 Å². The van der Waals surface area contributed by atoms with Crippen LogP contribution in [0.25, 0.3) is 0 Å². The van der Waals surface area contributed by atoms with E-state index in [1.54, 1.807) is 17.2 Å². The lowest BCUT2D eigenvalue weighted by Gasteiger charge is -2.03. The van der Waals surface area contributed by atoms with Crippen LogP contribution in [0.1, 0.15) is 12.2 Å². The molecule has 2 heterocycles. The second-order valence-electron chi connectivity index (χ2n) is 3.39. The molecular formula is C9H14N6. The quantitative estimate of drug-likeness (QED) is 0.788. The van der Waals surface area contributed by atoms with Crippen LogP contribution in [0.2, 0.25) is 0 Å². The van der Waals surface area contributed by atoms with Gasteiger partial charge in [-0.2, -0.15) is 9.90 Å². The summed E-state index contributed by atoms with van der Waals surface area (Å²) in [5.74, 6) is 1.50. The first-order valence-corrected chi connectivity index (χ1v) is 4.89. The smallest absolute Gasteiger partial charge is 0.165 e. The molecule has 0 aliphatic carbocycles. The highest BCUT2D eigenvalue weighted by atomic mass is 15.5. The predicted octanol–water partition coefficient (Wildman–Crippen LogP) is 0.456. The lowest BCUT2D eigenvalue weighted by molar-refractivity contribution is 0.477. The first-order valence-electron chi connectivity index (χ1n) is 4.89. The van der Waals surface area contributed by atoms with Crippen LogP contribution in [0.15, 0.2) is 18.6 Å². The average molecular weight is 206 g/mol. The summed E-state index contributed by atoms with van der Waals surface area (Å²) in [6.07, 6.45) is 6.30. The number of nitrogens with two attached hydrogens (primary N) is 1. The molecule has 6 nitrogen and oxygen atoms in total. The molecule has 0 atom stereocenters. The van der Waals surface area contributed by atoms with Gasteiger partial charge in [-0.05, 0) is 13.3 Å². The number of aryl methyl sites for hydroxylation is 3. The SMILES string of the molecule is Cc1nccn1CCCn1ncc(N)n1. The molecule has 0 unspecified atom stereocenters. The molecule has 0 spiro atoms. The van der Waals surface area contributed by atoms with Gasteiger partial charge < -0.3 is 10.3 Å². The third kappa shape index (κ3) is 2.34. The molecule has 2 rings (SSSR count). The molecule has 0 amide bonds. The molecule has 2 aromatic heterocycles. The van der Waals surface area contributed by atoms with Crippen molar-refractivity contribution >= 4 is 5.82 Å². The summed E-state index contributed by atoms with van der Waals surface area (Å²) < 4.78 is 2.10. The third-order valence-corrected chi connectivity index (χ3v) is 2.23. The van der Waals surface area contributed by atoms with E-state index in [4.69, 9.17) is 5.73 Å². The second-order valence-corrected chi connectivity index (χ2v) is 3.39. The Morgan fingerprint density at radius 3 is 2.87 bits per heavy atom. The Balaban J connectivity index is 1.83. The number of rotatable bonds is 4. The van der Waals surface area contributed by atoms with E-state index in [0.717, 1.165) is 25.3 Å². The summed E-state index contributed by atoms with van der Waals surface area (Å²) in [5, 5.41) is 8.02. The molecule has 2 N–H and O–H groups in total. The molecule has 0 fully saturated rings. The molecule has 15 heavy (non-hydrogen) atoms. The van der Waals surface area contributed by atoms with Gasteiger partial charge in [0, 0.05) is 18.9 Å². The molecule has 0 saturated heterocycles. The van der Waals surface area contributed by atoms with Gasteiger partial charge in [0.25, 0.3) is 0 Å². The van der Waals surface area contributed by atoms with E-state index in [-0.39, 0.29) is 0 Å². The number of hydrogen-bond acceptors (Lipinski definition) is 4. The van der Waals surface area contributed by atoms with Gasteiger partial charge in [-0.1, -0.05) is 0 Å². The number of anilines is 1. The Morgan fingerprint density at radius 2 is 2.27 bits per heavy atom. The summed E-state index contributed by atoms with van der Waals surface area (Å²) >= 11 is 0. The Kier molecular flexibility index (Phi) is 2.66. The highest BCUT2D eigenvalue weighted by Crippen LogP contribution is 1.99. The van der Waals surface area contributed by atoms with E-state index < -0.39 is 0 Å². The van der Waals surface area contributed by atoms with Crippen molar-refractivity contribution in [2.24, 2.45) is 0 Å². The molecule has 0 aliphatic heterocycles. The number of imidazole rings is 1. The Morgan fingerprint density at radius 1 is 1.40 bits per heavy atom. The van der Waals surface area contributed by atoms with Crippen LogP contribution in [0.4, 0.5) is 5.82 Å². The Hall–Kier alpha value is -1.85. The molecule has 0 radical (unpaired) electrons. The molecule has 80 valence electrons. The zero-order valence-corrected chi connectivity index (χ0v) is 8.67. The standard InChI is InChI=1S/C9H14N6/c1-8-11-3-6-14(8)4-2-5-15-12-7-9(10)13-15/h3,6-7H,2,4-5H2,1H3,(H2,10,13). The zero-order valence-electron chi connectivity index (χ0n) is 8.67. The first-order chi connectivity index (χ1) is 7.25. The minimum atomic E-state index is 0.466. The number of aromatic nitrogens is 5. The highest BCUT2D eigenvalue weighted by Gasteiger charge is 1.98. The van der Waals surface area contributed by atoms with Gasteiger partial charge in [0.1, 0.15) is 5.82 Å². The molecule has 6 heteroatoms. The van der Waals surface area contributed by atoms with Crippen molar-refractivity contribution in [2.45, 2.75) is 26.4 Å². The predicted molar refractivity (Wildman–Crippen MR) is 56.0 cm³/mol. The Bertz CT molecular complexity index is 429. The van der Waals surface area contributed by atoms with Crippen LogP contribution in [0.3, 0.4) is 0 Å². The zero-order chi connectivity index (χ0) is 10.7. The minimum absolute atomic E-state index is 0.466. The summed E-state index contributed by atoms with van der Waals surface area (Å²) in [7, 11) is 0. The number of nitrogens with zero attached hydrogens (tertiary/aromatic N) is 5. The summed E-state index contributed by atoms with van der Waals surface area (Å²) in [5.41, 5.74) is 5.46. The van der Waals surface area contributed by atoms with Crippen LogP contribution in [0.5, 0.6) is 0 Å². The van der Waals surface area contributed by atoms with E-state index in [0.29, 0.717) is 5.82 Å². The van der Waals surface area contributed by atoms with Gasteiger partial charge in [-0.15, -0.1) is 5.10 Å². The lowest BCUT2D eigenvalue weighted by atomic mass is 10.4. The molecule has 2 aromatic rings. The fourth-order valence-electron chi connectivity index (χ4n) is 1.44. The maximum Gasteiger partial charge on any atom is 0.165 e. The molecule has 0 aromatic carbocycles. The average Bonchev–Trinajstić information content (AvgIpc) is 2.77. The fraction of sp³-hybridized carbons (Fsp3) is 0.444. The second kappa shape index (κ2) is 4.12. The summed E-state index contributed by atoms with van der Waals surface area (Å²) in [4.78, 5) is 5.76. The monoisotopic (exact) mass is 206 g/mol. The minimum Gasteiger partial charge on any atom is -0.381 e. The van der Waals surface area contributed by atoms with Crippen LogP contribution in [0, 0.1) is 6.92 Å². The van der Waals surface area contributed by atoms with Crippen molar-refractivity contribution in [3.63, 3.8) is 0 Å². The van der Waals surface area contributed by atoms with Gasteiger partial charge in [0.15, 0.2) is 5.82 Å². The number of hydrogen-bond donors (Lipinski definition) is 1. The molecule has 0 saturated carbocycles. The maximum atomic E-state index is 5.46. The molecule has 0 bridgehead atoms.